The first-order valence-electron chi connectivity index (χ1n) is 7.48. The zero-order valence-corrected chi connectivity index (χ0v) is 14.1. The summed E-state index contributed by atoms with van der Waals surface area (Å²) in [6.07, 6.45) is 1.13. The lowest BCUT2D eigenvalue weighted by Crippen LogP contribution is -2.16. The predicted octanol–water partition coefficient (Wildman–Crippen LogP) is 2.22. The number of nitrogens with one attached hydrogen (secondary N) is 2. The van der Waals surface area contributed by atoms with Crippen LogP contribution in [0.15, 0.2) is 29.2 Å². The van der Waals surface area contributed by atoms with Gasteiger partial charge in [-0.25, -0.2) is 8.42 Å². The maximum absolute atomic E-state index is 12.9. The molecule has 0 atom stereocenters. The van der Waals surface area contributed by atoms with E-state index < -0.39 is 10.0 Å². The van der Waals surface area contributed by atoms with Crippen molar-refractivity contribution in [1.29, 1.82) is 0 Å². The standard InChI is InChI=1S/C15H19N5O2S/c1-4-11-14(13(5-2)20(3)18-11)23(21,22)19-15-10-8-6-7-9-12(10)16-17-15/h6-9H,4-5H2,1-3H3,(H2,16,17,19). The van der Waals surface area contributed by atoms with Gasteiger partial charge in [-0.2, -0.15) is 10.2 Å². The van der Waals surface area contributed by atoms with Gasteiger partial charge >= 0.3 is 0 Å². The minimum Gasteiger partial charge on any atom is -0.276 e. The Morgan fingerprint density at radius 1 is 1.22 bits per heavy atom. The van der Waals surface area contributed by atoms with E-state index in [1.165, 1.54) is 0 Å². The Morgan fingerprint density at radius 2 is 1.96 bits per heavy atom. The molecular formula is C15H19N5O2S. The van der Waals surface area contributed by atoms with Crippen molar-refractivity contribution in [2.45, 2.75) is 31.6 Å². The number of para-hydroxylation sites is 1. The molecule has 0 unspecified atom stereocenters. The highest BCUT2D eigenvalue weighted by atomic mass is 32.2. The summed E-state index contributed by atoms with van der Waals surface area (Å²) in [4.78, 5) is 0.261. The van der Waals surface area contributed by atoms with Crippen LogP contribution in [-0.4, -0.2) is 28.4 Å². The van der Waals surface area contributed by atoms with Crippen molar-refractivity contribution in [3.05, 3.63) is 35.7 Å². The van der Waals surface area contributed by atoms with E-state index in [2.05, 4.69) is 20.0 Å². The van der Waals surface area contributed by atoms with Gasteiger partial charge in [-0.15, -0.1) is 0 Å². The lowest BCUT2D eigenvalue weighted by atomic mass is 10.2. The van der Waals surface area contributed by atoms with Crippen molar-refractivity contribution in [2.24, 2.45) is 7.05 Å². The Labute approximate surface area is 134 Å². The van der Waals surface area contributed by atoms with Crippen LogP contribution in [-0.2, 0) is 29.9 Å². The van der Waals surface area contributed by atoms with Crippen LogP contribution in [0.5, 0.6) is 0 Å². The number of aryl methyl sites for hydroxylation is 2. The first-order valence-corrected chi connectivity index (χ1v) is 8.97. The molecule has 2 N–H and O–H groups in total. The van der Waals surface area contributed by atoms with E-state index in [1.807, 2.05) is 38.1 Å². The van der Waals surface area contributed by atoms with Crippen LogP contribution < -0.4 is 4.72 Å². The Morgan fingerprint density at radius 3 is 2.65 bits per heavy atom. The van der Waals surface area contributed by atoms with Gasteiger partial charge < -0.3 is 0 Å². The Bertz CT molecular complexity index is 956. The molecule has 1 aromatic carbocycles. The molecule has 0 radical (unpaired) electrons. The van der Waals surface area contributed by atoms with Crippen LogP contribution in [0, 0.1) is 0 Å². The van der Waals surface area contributed by atoms with E-state index in [4.69, 9.17) is 0 Å². The lowest BCUT2D eigenvalue weighted by Gasteiger charge is -2.08. The number of benzene rings is 1. The second kappa shape index (κ2) is 5.69. The second-order valence-corrected chi connectivity index (χ2v) is 6.90. The zero-order chi connectivity index (χ0) is 16.6. The topological polar surface area (TPSA) is 92.7 Å². The third kappa shape index (κ3) is 2.59. The summed E-state index contributed by atoms with van der Waals surface area (Å²) in [6, 6.07) is 7.37. The van der Waals surface area contributed by atoms with Crippen molar-refractivity contribution in [1.82, 2.24) is 20.0 Å². The van der Waals surface area contributed by atoms with Gasteiger partial charge in [0.2, 0.25) is 0 Å². The van der Waals surface area contributed by atoms with Crippen molar-refractivity contribution < 1.29 is 8.42 Å². The van der Waals surface area contributed by atoms with Crippen LogP contribution in [0.3, 0.4) is 0 Å². The number of hydrogen-bond donors (Lipinski definition) is 2. The molecule has 3 rings (SSSR count). The molecule has 0 amide bonds. The van der Waals surface area contributed by atoms with Crippen LogP contribution in [0.25, 0.3) is 10.9 Å². The molecule has 0 bridgehead atoms. The van der Waals surface area contributed by atoms with Crippen LogP contribution in [0.2, 0.25) is 0 Å². The number of H-pyrrole nitrogens is 1. The van der Waals surface area contributed by atoms with Gasteiger partial charge in [-0.3, -0.25) is 14.5 Å². The number of hydrogen-bond acceptors (Lipinski definition) is 4. The Balaban J connectivity index is 2.09. The maximum Gasteiger partial charge on any atom is 0.266 e. The summed E-state index contributed by atoms with van der Waals surface area (Å²) in [7, 11) is -1.99. The number of anilines is 1. The summed E-state index contributed by atoms with van der Waals surface area (Å²) in [5.74, 6) is 0.300. The van der Waals surface area contributed by atoms with Gasteiger partial charge in [0.05, 0.1) is 16.9 Å². The van der Waals surface area contributed by atoms with Crippen molar-refractivity contribution in [2.75, 3.05) is 4.72 Å². The van der Waals surface area contributed by atoms with Gasteiger partial charge in [0, 0.05) is 12.4 Å². The number of nitrogens with zero attached hydrogens (tertiary/aromatic N) is 3. The minimum absolute atomic E-state index is 0.261. The van der Waals surface area contributed by atoms with E-state index in [9.17, 15) is 8.42 Å². The highest BCUT2D eigenvalue weighted by Gasteiger charge is 2.27. The quantitative estimate of drug-likeness (QED) is 0.749. The molecule has 0 fully saturated rings. The molecule has 2 heterocycles. The molecule has 0 saturated heterocycles. The Kier molecular flexibility index (Phi) is 3.85. The molecule has 3 aromatic rings. The zero-order valence-electron chi connectivity index (χ0n) is 13.3. The normalized spacial score (nSPS) is 12.0. The van der Waals surface area contributed by atoms with Gasteiger partial charge in [0.25, 0.3) is 10.0 Å². The highest BCUT2D eigenvalue weighted by molar-refractivity contribution is 7.92. The molecule has 8 heteroatoms. The van der Waals surface area contributed by atoms with Crippen LogP contribution in [0.1, 0.15) is 25.2 Å². The van der Waals surface area contributed by atoms with E-state index in [0.717, 1.165) is 10.9 Å². The fourth-order valence-electron chi connectivity index (χ4n) is 2.75. The largest absolute Gasteiger partial charge is 0.276 e. The number of aromatic amines is 1. The average Bonchev–Trinajstić information content (AvgIpc) is 3.08. The van der Waals surface area contributed by atoms with Gasteiger partial charge in [-0.1, -0.05) is 26.0 Å². The molecule has 7 nitrogen and oxygen atoms in total. The van der Waals surface area contributed by atoms with Crippen molar-refractivity contribution >= 4 is 26.7 Å². The molecule has 0 spiro atoms. The summed E-state index contributed by atoms with van der Waals surface area (Å²) in [5.41, 5.74) is 2.04. The predicted molar refractivity (Wildman–Crippen MR) is 88.9 cm³/mol. The molecule has 122 valence electrons. The van der Waals surface area contributed by atoms with E-state index in [0.29, 0.717) is 30.0 Å². The third-order valence-corrected chi connectivity index (χ3v) is 5.30. The van der Waals surface area contributed by atoms with Crippen molar-refractivity contribution in [3.8, 4) is 0 Å². The molecule has 0 aliphatic rings. The van der Waals surface area contributed by atoms with E-state index in [1.54, 1.807) is 11.7 Å². The molecule has 2 aromatic heterocycles. The van der Waals surface area contributed by atoms with E-state index >= 15 is 0 Å². The number of sulfonamides is 1. The first-order chi connectivity index (χ1) is 11.0. The second-order valence-electron chi connectivity index (χ2n) is 5.28. The summed E-state index contributed by atoms with van der Waals surface area (Å²) >= 11 is 0. The van der Waals surface area contributed by atoms with Gasteiger partial charge in [0.15, 0.2) is 5.82 Å². The molecular weight excluding hydrogens is 314 g/mol. The lowest BCUT2D eigenvalue weighted by molar-refractivity contribution is 0.598. The van der Waals surface area contributed by atoms with Crippen molar-refractivity contribution in [3.63, 3.8) is 0 Å². The maximum atomic E-state index is 12.9. The molecule has 0 aliphatic heterocycles. The fraction of sp³-hybridized carbons (Fsp3) is 0.333. The van der Waals surface area contributed by atoms with Gasteiger partial charge in [-0.05, 0) is 25.0 Å². The van der Waals surface area contributed by atoms with Crippen LogP contribution in [0.4, 0.5) is 5.82 Å². The summed E-state index contributed by atoms with van der Waals surface area (Å²) in [5, 5.41) is 12.0. The van der Waals surface area contributed by atoms with Gasteiger partial charge in [0.1, 0.15) is 4.90 Å². The molecule has 23 heavy (non-hydrogen) atoms. The highest BCUT2D eigenvalue weighted by Crippen LogP contribution is 2.26. The van der Waals surface area contributed by atoms with Crippen LogP contribution >= 0.6 is 0 Å². The first kappa shape index (κ1) is 15.5. The molecule has 0 aliphatic carbocycles. The third-order valence-electron chi connectivity index (χ3n) is 3.83. The Hall–Kier alpha value is -2.35. The average molecular weight is 333 g/mol. The summed E-state index contributed by atoms with van der Waals surface area (Å²) in [6.45, 7) is 3.81. The SMILES string of the molecule is CCc1nn(C)c(CC)c1S(=O)(=O)Nc1n[nH]c2ccccc12. The fourth-order valence-corrected chi connectivity index (χ4v) is 4.34. The number of fused-ring (bicyclic) bond motifs is 1. The minimum atomic E-state index is -3.76. The summed E-state index contributed by atoms with van der Waals surface area (Å²) < 4.78 is 30.0. The number of aromatic nitrogens is 4. The van der Waals surface area contributed by atoms with E-state index in [-0.39, 0.29) is 4.90 Å². The molecule has 0 saturated carbocycles. The monoisotopic (exact) mass is 333 g/mol. The smallest absolute Gasteiger partial charge is 0.266 e. The number of rotatable bonds is 5.